The first-order valence-corrected chi connectivity index (χ1v) is 8.89. The van der Waals surface area contributed by atoms with Gasteiger partial charge in [-0.1, -0.05) is 27.7 Å². The van der Waals surface area contributed by atoms with Crippen LogP contribution < -0.4 is 5.32 Å². The van der Waals surface area contributed by atoms with Crippen molar-refractivity contribution in [3.63, 3.8) is 0 Å². The summed E-state index contributed by atoms with van der Waals surface area (Å²) < 4.78 is 0. The predicted octanol–water partition coefficient (Wildman–Crippen LogP) is 3.91. The minimum Gasteiger partial charge on any atom is -0.314 e. The Bertz CT molecular complexity index is 292. The summed E-state index contributed by atoms with van der Waals surface area (Å²) in [6.45, 7) is 15.7. The summed E-state index contributed by atoms with van der Waals surface area (Å²) in [5, 5.41) is 3.77. The van der Waals surface area contributed by atoms with Gasteiger partial charge in [-0.3, -0.25) is 0 Å². The van der Waals surface area contributed by atoms with Crippen LogP contribution in [0.25, 0.3) is 0 Å². The molecule has 0 bridgehead atoms. The topological polar surface area (TPSA) is 15.3 Å². The van der Waals surface area contributed by atoms with Crippen molar-refractivity contribution in [2.45, 2.75) is 78.8 Å². The van der Waals surface area contributed by atoms with Gasteiger partial charge in [-0.05, 0) is 69.4 Å². The molecule has 2 aliphatic rings. The van der Waals surface area contributed by atoms with E-state index < -0.39 is 0 Å². The molecule has 0 radical (unpaired) electrons. The Hall–Kier alpha value is -0.0800. The van der Waals surface area contributed by atoms with Crippen molar-refractivity contribution in [2.24, 2.45) is 17.3 Å². The summed E-state index contributed by atoms with van der Waals surface area (Å²) >= 11 is 0. The molecule has 20 heavy (non-hydrogen) atoms. The summed E-state index contributed by atoms with van der Waals surface area (Å²) in [4.78, 5) is 2.75. The van der Waals surface area contributed by atoms with Gasteiger partial charge in [0.15, 0.2) is 0 Å². The van der Waals surface area contributed by atoms with Gasteiger partial charge in [0.05, 0.1) is 0 Å². The summed E-state index contributed by atoms with van der Waals surface area (Å²) in [7, 11) is 0. The van der Waals surface area contributed by atoms with E-state index in [-0.39, 0.29) is 0 Å². The van der Waals surface area contributed by atoms with Crippen molar-refractivity contribution in [1.29, 1.82) is 0 Å². The summed E-state index contributed by atoms with van der Waals surface area (Å²) in [6, 6.07) is 1.57. The van der Waals surface area contributed by atoms with E-state index in [1.807, 2.05) is 0 Å². The molecule has 0 amide bonds. The number of nitrogens with one attached hydrogen (secondary N) is 1. The first kappa shape index (κ1) is 16.3. The van der Waals surface area contributed by atoms with Crippen LogP contribution in [-0.2, 0) is 0 Å². The maximum absolute atomic E-state index is 3.77. The Labute approximate surface area is 126 Å². The molecule has 0 aromatic carbocycles. The van der Waals surface area contributed by atoms with Crippen LogP contribution in [0, 0.1) is 17.3 Å². The maximum atomic E-state index is 3.77. The summed E-state index contributed by atoms with van der Waals surface area (Å²) in [5.41, 5.74) is 0.478. The van der Waals surface area contributed by atoms with E-state index in [4.69, 9.17) is 0 Å². The Morgan fingerprint density at radius 2 is 1.90 bits per heavy atom. The van der Waals surface area contributed by atoms with Gasteiger partial charge in [0.25, 0.3) is 0 Å². The van der Waals surface area contributed by atoms with Crippen LogP contribution in [0.1, 0.15) is 66.7 Å². The fourth-order valence-electron chi connectivity index (χ4n) is 4.35. The highest BCUT2D eigenvalue weighted by atomic mass is 15.2. The number of rotatable bonds is 4. The SMILES string of the molecule is CCNC1CCC(C(C)(C)C)CC1CN1CCCC1C. The van der Waals surface area contributed by atoms with Crippen LogP contribution in [0.3, 0.4) is 0 Å². The molecule has 0 aromatic heterocycles. The molecule has 1 N–H and O–H groups in total. The monoisotopic (exact) mass is 280 g/mol. The molecule has 1 heterocycles. The highest BCUT2D eigenvalue weighted by Crippen LogP contribution is 2.41. The van der Waals surface area contributed by atoms with Crippen LogP contribution in [0.5, 0.6) is 0 Å². The normalized spacial score (nSPS) is 36.5. The molecule has 4 unspecified atom stereocenters. The van der Waals surface area contributed by atoms with E-state index >= 15 is 0 Å². The molecule has 0 spiro atoms. The van der Waals surface area contributed by atoms with E-state index in [1.165, 1.54) is 45.2 Å². The highest BCUT2D eigenvalue weighted by Gasteiger charge is 2.37. The van der Waals surface area contributed by atoms with Gasteiger partial charge < -0.3 is 10.2 Å². The van der Waals surface area contributed by atoms with E-state index in [0.29, 0.717) is 5.41 Å². The predicted molar refractivity (Wildman–Crippen MR) is 88.0 cm³/mol. The van der Waals surface area contributed by atoms with Crippen LogP contribution >= 0.6 is 0 Å². The molecule has 2 rings (SSSR count). The van der Waals surface area contributed by atoms with Crippen LogP contribution in [0.2, 0.25) is 0 Å². The second kappa shape index (κ2) is 6.79. The van der Waals surface area contributed by atoms with Crippen molar-refractivity contribution in [1.82, 2.24) is 10.2 Å². The maximum Gasteiger partial charge on any atom is 0.0108 e. The van der Waals surface area contributed by atoms with Crippen molar-refractivity contribution in [3.05, 3.63) is 0 Å². The largest absolute Gasteiger partial charge is 0.314 e. The third kappa shape index (κ3) is 3.98. The number of hydrogen-bond acceptors (Lipinski definition) is 2. The second-order valence-corrected chi connectivity index (χ2v) is 8.29. The Morgan fingerprint density at radius 3 is 2.45 bits per heavy atom. The quantitative estimate of drug-likeness (QED) is 0.840. The molecular weight excluding hydrogens is 244 g/mol. The van der Waals surface area contributed by atoms with E-state index in [9.17, 15) is 0 Å². The van der Waals surface area contributed by atoms with Gasteiger partial charge in [-0.25, -0.2) is 0 Å². The van der Waals surface area contributed by atoms with Crippen molar-refractivity contribution < 1.29 is 0 Å². The highest BCUT2D eigenvalue weighted by molar-refractivity contribution is 4.91. The average molecular weight is 280 g/mol. The van der Waals surface area contributed by atoms with Gasteiger partial charge in [-0.15, -0.1) is 0 Å². The lowest BCUT2D eigenvalue weighted by Crippen LogP contribution is -2.48. The Kier molecular flexibility index (Phi) is 5.53. The van der Waals surface area contributed by atoms with Crippen molar-refractivity contribution in [2.75, 3.05) is 19.6 Å². The molecule has 2 heteroatoms. The fourth-order valence-corrected chi connectivity index (χ4v) is 4.35. The summed E-state index contributed by atoms with van der Waals surface area (Å²) in [5.74, 6) is 1.76. The molecule has 1 aliphatic heterocycles. The molecule has 1 saturated carbocycles. The molecule has 118 valence electrons. The van der Waals surface area contributed by atoms with E-state index in [1.54, 1.807) is 0 Å². The zero-order valence-corrected chi connectivity index (χ0v) is 14.4. The molecule has 0 aromatic rings. The van der Waals surface area contributed by atoms with Crippen LogP contribution in [0.4, 0.5) is 0 Å². The van der Waals surface area contributed by atoms with Gasteiger partial charge >= 0.3 is 0 Å². The fraction of sp³-hybridized carbons (Fsp3) is 1.00. The zero-order valence-electron chi connectivity index (χ0n) is 14.4. The van der Waals surface area contributed by atoms with Gasteiger partial charge in [0.2, 0.25) is 0 Å². The molecule has 1 saturated heterocycles. The number of hydrogen-bond donors (Lipinski definition) is 1. The first-order valence-electron chi connectivity index (χ1n) is 8.89. The van der Waals surface area contributed by atoms with Crippen molar-refractivity contribution >= 4 is 0 Å². The Morgan fingerprint density at radius 1 is 1.15 bits per heavy atom. The van der Waals surface area contributed by atoms with Crippen molar-refractivity contribution in [3.8, 4) is 0 Å². The summed E-state index contributed by atoms with van der Waals surface area (Å²) in [6.07, 6.45) is 7.02. The second-order valence-electron chi connectivity index (χ2n) is 8.29. The van der Waals surface area contributed by atoms with Crippen LogP contribution in [-0.4, -0.2) is 36.6 Å². The Balaban J connectivity index is 1.99. The van der Waals surface area contributed by atoms with E-state index in [2.05, 4.69) is 44.8 Å². The lowest BCUT2D eigenvalue weighted by Gasteiger charge is -2.43. The number of likely N-dealkylation sites (tertiary alicyclic amines) is 1. The average Bonchev–Trinajstić information content (AvgIpc) is 2.76. The smallest absolute Gasteiger partial charge is 0.0108 e. The number of nitrogens with zero attached hydrogens (tertiary/aromatic N) is 1. The minimum absolute atomic E-state index is 0.478. The lowest BCUT2D eigenvalue weighted by molar-refractivity contribution is 0.0860. The standard InChI is InChI=1S/C18H36N2/c1-6-19-17-10-9-16(18(3,4)5)12-15(17)13-20-11-7-8-14(20)2/h14-17,19H,6-13H2,1-5H3. The zero-order chi connectivity index (χ0) is 14.8. The first-order chi connectivity index (χ1) is 9.41. The molecular formula is C18H36N2. The third-order valence-corrected chi connectivity index (χ3v) is 5.83. The lowest BCUT2D eigenvalue weighted by atomic mass is 9.67. The minimum atomic E-state index is 0.478. The molecule has 1 aliphatic carbocycles. The molecule has 2 fully saturated rings. The molecule has 2 nitrogen and oxygen atoms in total. The van der Waals surface area contributed by atoms with Crippen LogP contribution in [0.15, 0.2) is 0 Å². The van der Waals surface area contributed by atoms with Gasteiger partial charge in [-0.2, -0.15) is 0 Å². The third-order valence-electron chi connectivity index (χ3n) is 5.83. The van der Waals surface area contributed by atoms with E-state index in [0.717, 1.165) is 30.5 Å². The molecule has 4 atom stereocenters. The van der Waals surface area contributed by atoms with Gasteiger partial charge in [0, 0.05) is 18.6 Å². The van der Waals surface area contributed by atoms with Gasteiger partial charge in [0.1, 0.15) is 0 Å².